The summed E-state index contributed by atoms with van der Waals surface area (Å²) in [7, 11) is 0. The van der Waals surface area contributed by atoms with E-state index in [0.29, 0.717) is 28.8 Å². The van der Waals surface area contributed by atoms with Crippen LogP contribution in [0.2, 0.25) is 5.02 Å². The van der Waals surface area contributed by atoms with Crippen LogP contribution in [0.15, 0.2) is 47.2 Å². The molecule has 3 rings (SSSR count). The number of benzene rings is 1. The molecule has 2 N–H and O–H groups in total. The third-order valence-corrected chi connectivity index (χ3v) is 3.13. The minimum Gasteiger partial charge on any atom is -0.398 e. The van der Waals surface area contributed by atoms with Crippen molar-refractivity contribution >= 4 is 17.3 Å². The number of nitrogen functional groups attached to an aromatic ring is 1. The van der Waals surface area contributed by atoms with Crippen LogP contribution < -0.4 is 5.73 Å². The maximum absolute atomic E-state index is 5.98. The third kappa shape index (κ3) is 2.62. The second-order valence-corrected chi connectivity index (χ2v) is 4.70. The Hall–Kier alpha value is -2.40. The summed E-state index contributed by atoms with van der Waals surface area (Å²) >= 11 is 5.98. The van der Waals surface area contributed by atoms with Crippen molar-refractivity contribution in [1.29, 1.82) is 0 Å². The van der Waals surface area contributed by atoms with E-state index in [4.69, 9.17) is 21.9 Å². The quantitative estimate of drug-likeness (QED) is 0.749. The fourth-order valence-electron chi connectivity index (χ4n) is 1.79. The molecule has 1 aromatic carbocycles. The SMILES string of the molecule is Nc1ccc(-c2nc(Cc3cccnc3)no2)cc1Cl. The second-order valence-electron chi connectivity index (χ2n) is 4.29. The van der Waals surface area contributed by atoms with Crippen LogP contribution in [0.1, 0.15) is 11.4 Å². The van der Waals surface area contributed by atoms with Crippen molar-refractivity contribution in [2.45, 2.75) is 6.42 Å². The molecule has 0 unspecified atom stereocenters. The number of rotatable bonds is 3. The number of nitrogens with zero attached hydrogens (tertiary/aromatic N) is 3. The largest absolute Gasteiger partial charge is 0.398 e. The van der Waals surface area contributed by atoms with Crippen molar-refractivity contribution in [3.05, 3.63) is 59.1 Å². The molecule has 0 saturated heterocycles. The molecule has 20 heavy (non-hydrogen) atoms. The summed E-state index contributed by atoms with van der Waals surface area (Å²) < 4.78 is 5.24. The molecule has 5 nitrogen and oxygen atoms in total. The molecule has 100 valence electrons. The van der Waals surface area contributed by atoms with Crippen LogP contribution in [0.3, 0.4) is 0 Å². The van der Waals surface area contributed by atoms with Gasteiger partial charge in [-0.3, -0.25) is 4.98 Å². The molecule has 3 aromatic rings. The summed E-state index contributed by atoms with van der Waals surface area (Å²) in [4.78, 5) is 8.39. The molecule has 2 aromatic heterocycles. The van der Waals surface area contributed by atoms with Crippen LogP contribution >= 0.6 is 11.6 Å². The van der Waals surface area contributed by atoms with Gasteiger partial charge < -0.3 is 10.3 Å². The molecule has 2 heterocycles. The Morgan fingerprint density at radius 1 is 1.25 bits per heavy atom. The van der Waals surface area contributed by atoms with E-state index in [9.17, 15) is 0 Å². The lowest BCUT2D eigenvalue weighted by Crippen LogP contribution is -1.91. The Balaban J connectivity index is 1.84. The van der Waals surface area contributed by atoms with Crippen molar-refractivity contribution in [1.82, 2.24) is 15.1 Å². The first-order chi connectivity index (χ1) is 9.72. The predicted molar refractivity (Wildman–Crippen MR) is 76.2 cm³/mol. The van der Waals surface area contributed by atoms with Crippen molar-refractivity contribution in [2.24, 2.45) is 0 Å². The van der Waals surface area contributed by atoms with Gasteiger partial charge in [-0.25, -0.2) is 0 Å². The topological polar surface area (TPSA) is 77.8 Å². The van der Waals surface area contributed by atoms with Crippen molar-refractivity contribution < 1.29 is 4.52 Å². The van der Waals surface area contributed by atoms with E-state index in [2.05, 4.69) is 15.1 Å². The maximum atomic E-state index is 5.98. The molecule has 0 atom stereocenters. The maximum Gasteiger partial charge on any atom is 0.257 e. The predicted octanol–water partition coefficient (Wildman–Crippen LogP) is 2.96. The van der Waals surface area contributed by atoms with Crippen LogP contribution in [-0.4, -0.2) is 15.1 Å². The zero-order chi connectivity index (χ0) is 13.9. The standard InChI is InChI=1S/C14H11ClN4O/c15-11-7-10(3-4-12(11)16)14-18-13(19-20-14)6-9-2-1-5-17-8-9/h1-5,7-8H,6,16H2. The van der Waals surface area contributed by atoms with E-state index in [-0.39, 0.29) is 0 Å². The van der Waals surface area contributed by atoms with E-state index in [1.54, 1.807) is 30.6 Å². The average Bonchev–Trinajstić information content (AvgIpc) is 2.91. The highest BCUT2D eigenvalue weighted by Gasteiger charge is 2.10. The monoisotopic (exact) mass is 286 g/mol. The fourth-order valence-corrected chi connectivity index (χ4v) is 1.97. The zero-order valence-electron chi connectivity index (χ0n) is 10.5. The Kier molecular flexibility index (Phi) is 3.35. The third-order valence-electron chi connectivity index (χ3n) is 2.80. The van der Waals surface area contributed by atoms with Crippen molar-refractivity contribution in [3.8, 4) is 11.5 Å². The van der Waals surface area contributed by atoms with Crippen molar-refractivity contribution in [3.63, 3.8) is 0 Å². The van der Waals surface area contributed by atoms with Gasteiger partial charge in [0, 0.05) is 24.4 Å². The fraction of sp³-hybridized carbons (Fsp3) is 0.0714. The first kappa shape index (κ1) is 12.6. The van der Waals surface area contributed by atoms with Crippen LogP contribution in [0, 0.1) is 0 Å². The van der Waals surface area contributed by atoms with Crippen LogP contribution in [-0.2, 0) is 6.42 Å². The highest BCUT2D eigenvalue weighted by atomic mass is 35.5. The number of hydrogen-bond acceptors (Lipinski definition) is 5. The Morgan fingerprint density at radius 2 is 2.15 bits per heavy atom. The van der Waals surface area contributed by atoms with Gasteiger partial charge in [-0.2, -0.15) is 4.98 Å². The van der Waals surface area contributed by atoms with Gasteiger partial charge in [-0.1, -0.05) is 22.8 Å². The van der Waals surface area contributed by atoms with Gasteiger partial charge in [0.1, 0.15) is 0 Å². The Bertz CT molecular complexity index is 727. The molecular formula is C14H11ClN4O. The van der Waals surface area contributed by atoms with E-state index in [1.807, 2.05) is 12.1 Å². The lowest BCUT2D eigenvalue weighted by molar-refractivity contribution is 0.424. The summed E-state index contributed by atoms with van der Waals surface area (Å²) in [5, 5.41) is 4.42. The summed E-state index contributed by atoms with van der Waals surface area (Å²) in [6.07, 6.45) is 4.07. The van der Waals surface area contributed by atoms with Gasteiger partial charge in [0.15, 0.2) is 5.82 Å². The molecular weight excluding hydrogens is 276 g/mol. The minimum absolute atomic E-state index is 0.422. The first-order valence-corrected chi connectivity index (χ1v) is 6.37. The van der Waals surface area contributed by atoms with Crippen LogP contribution in [0.5, 0.6) is 0 Å². The molecule has 0 aliphatic carbocycles. The summed E-state index contributed by atoms with van der Waals surface area (Å²) in [6, 6.07) is 9.04. The van der Waals surface area contributed by atoms with Gasteiger partial charge in [-0.05, 0) is 29.8 Å². The number of aromatic nitrogens is 3. The molecule has 6 heteroatoms. The normalized spacial score (nSPS) is 10.7. The Labute approximate surface area is 120 Å². The van der Waals surface area contributed by atoms with Crippen molar-refractivity contribution in [2.75, 3.05) is 5.73 Å². The molecule has 0 amide bonds. The average molecular weight is 287 g/mol. The first-order valence-electron chi connectivity index (χ1n) is 5.99. The number of halogens is 1. The van der Waals surface area contributed by atoms with Crippen LogP contribution in [0.4, 0.5) is 5.69 Å². The zero-order valence-corrected chi connectivity index (χ0v) is 11.2. The van der Waals surface area contributed by atoms with Gasteiger partial charge >= 0.3 is 0 Å². The number of nitrogens with two attached hydrogens (primary N) is 1. The number of pyridine rings is 1. The Morgan fingerprint density at radius 3 is 2.90 bits per heavy atom. The molecule has 0 spiro atoms. The lowest BCUT2D eigenvalue weighted by atomic mass is 10.2. The lowest BCUT2D eigenvalue weighted by Gasteiger charge is -1.98. The smallest absolute Gasteiger partial charge is 0.257 e. The molecule has 0 radical (unpaired) electrons. The highest BCUT2D eigenvalue weighted by molar-refractivity contribution is 6.33. The molecule has 0 aliphatic rings. The van der Waals surface area contributed by atoms with Crippen LogP contribution in [0.25, 0.3) is 11.5 Å². The van der Waals surface area contributed by atoms with E-state index < -0.39 is 0 Å². The molecule has 0 aliphatic heterocycles. The van der Waals surface area contributed by atoms with Gasteiger partial charge in [0.25, 0.3) is 5.89 Å². The summed E-state index contributed by atoms with van der Waals surface area (Å²) in [5.74, 6) is 1.02. The summed E-state index contributed by atoms with van der Waals surface area (Å²) in [5.41, 5.74) is 7.96. The molecule has 0 saturated carbocycles. The second kappa shape index (κ2) is 5.30. The minimum atomic E-state index is 0.422. The number of anilines is 1. The van der Waals surface area contributed by atoms with Gasteiger partial charge in [0.2, 0.25) is 0 Å². The van der Waals surface area contributed by atoms with Gasteiger partial charge in [0.05, 0.1) is 10.7 Å². The summed E-state index contributed by atoms with van der Waals surface area (Å²) in [6.45, 7) is 0. The van der Waals surface area contributed by atoms with E-state index in [0.717, 1.165) is 11.1 Å². The molecule has 0 fully saturated rings. The molecule has 0 bridgehead atoms. The van der Waals surface area contributed by atoms with E-state index in [1.165, 1.54) is 0 Å². The van der Waals surface area contributed by atoms with Gasteiger partial charge in [-0.15, -0.1) is 0 Å². The highest BCUT2D eigenvalue weighted by Crippen LogP contribution is 2.26. The number of hydrogen-bond donors (Lipinski definition) is 1. The van der Waals surface area contributed by atoms with E-state index >= 15 is 0 Å².